The zero-order valence-electron chi connectivity index (χ0n) is 11.8. The van der Waals surface area contributed by atoms with Gasteiger partial charge in [-0.2, -0.15) is 0 Å². The van der Waals surface area contributed by atoms with Crippen LogP contribution in [0.4, 0.5) is 0 Å². The van der Waals surface area contributed by atoms with E-state index < -0.39 is 20.0 Å². The molecule has 0 aliphatic heterocycles. The van der Waals surface area contributed by atoms with Crippen molar-refractivity contribution in [3.05, 3.63) is 0 Å². The molecule has 0 bridgehead atoms. The lowest BCUT2D eigenvalue weighted by atomic mass is 9.99. The lowest BCUT2D eigenvalue weighted by Gasteiger charge is -2.27. The maximum Gasteiger partial charge on any atom is 0.475 e. The second-order valence-corrected chi connectivity index (χ2v) is 8.50. The van der Waals surface area contributed by atoms with Crippen molar-refractivity contribution in [2.75, 3.05) is 29.6 Å². The van der Waals surface area contributed by atoms with E-state index in [1.165, 1.54) is 0 Å². The summed E-state index contributed by atoms with van der Waals surface area (Å²) in [6.07, 6.45) is -1.11. The van der Waals surface area contributed by atoms with Crippen LogP contribution in [0, 0.1) is 5.41 Å². The molecule has 0 spiro atoms. The van der Waals surface area contributed by atoms with Crippen LogP contribution in [0.5, 0.6) is 0 Å². The van der Waals surface area contributed by atoms with Crippen molar-refractivity contribution in [2.24, 2.45) is 5.41 Å². The van der Waals surface area contributed by atoms with Crippen molar-refractivity contribution in [3.63, 3.8) is 0 Å². The SMILES string of the molecule is CC(C)(C)COP(=O)(OC(CCl)CCl)OC(CCl)CBr. The van der Waals surface area contributed by atoms with Gasteiger partial charge in [-0.1, -0.05) is 36.7 Å². The molecule has 0 fully saturated rings. The molecule has 0 rings (SSSR count). The first kappa shape index (κ1) is 21.5. The van der Waals surface area contributed by atoms with Gasteiger partial charge in [0.15, 0.2) is 0 Å². The van der Waals surface area contributed by atoms with Gasteiger partial charge in [0.25, 0.3) is 0 Å². The summed E-state index contributed by atoms with van der Waals surface area (Å²) in [5.74, 6) is 0.342. The fourth-order valence-corrected chi connectivity index (χ4v) is 4.38. The Morgan fingerprint density at radius 3 is 1.85 bits per heavy atom. The van der Waals surface area contributed by atoms with Crippen molar-refractivity contribution in [3.8, 4) is 0 Å². The fourth-order valence-electron chi connectivity index (χ4n) is 0.919. The Morgan fingerprint density at radius 1 is 1.05 bits per heavy atom. The summed E-state index contributed by atoms with van der Waals surface area (Å²) < 4.78 is 28.7. The molecule has 0 aromatic rings. The predicted octanol–water partition coefficient (Wildman–Crippen LogP) is 5.04. The number of halogens is 4. The first-order chi connectivity index (χ1) is 9.19. The van der Waals surface area contributed by atoms with Crippen LogP contribution >= 0.6 is 58.6 Å². The smallest absolute Gasteiger partial charge is 0.286 e. The van der Waals surface area contributed by atoms with Crippen LogP contribution < -0.4 is 0 Å². The monoisotopic (exact) mass is 432 g/mol. The van der Waals surface area contributed by atoms with Gasteiger partial charge in [-0.25, -0.2) is 4.57 Å². The lowest BCUT2D eigenvalue weighted by Crippen LogP contribution is -2.24. The molecule has 0 amide bonds. The number of hydrogen-bond donors (Lipinski definition) is 0. The van der Waals surface area contributed by atoms with Crippen molar-refractivity contribution in [2.45, 2.75) is 33.0 Å². The minimum absolute atomic E-state index is 0.0928. The van der Waals surface area contributed by atoms with Crippen molar-refractivity contribution in [1.29, 1.82) is 0 Å². The van der Waals surface area contributed by atoms with Gasteiger partial charge in [0.1, 0.15) is 0 Å². The number of phosphoric ester groups is 1. The number of phosphoric acid groups is 1. The minimum atomic E-state index is -3.78. The first-order valence-corrected chi connectivity index (χ1v) is 10.2. The Labute approximate surface area is 144 Å². The number of hydrogen-bond acceptors (Lipinski definition) is 4. The summed E-state index contributed by atoms with van der Waals surface area (Å²) >= 11 is 20.3. The second kappa shape index (κ2) is 10.3. The quantitative estimate of drug-likeness (QED) is 0.357. The summed E-state index contributed by atoms with van der Waals surface area (Å²) in [6, 6.07) is 0. The molecule has 0 aromatic heterocycles. The van der Waals surface area contributed by atoms with Crippen LogP contribution in [-0.2, 0) is 18.1 Å². The van der Waals surface area contributed by atoms with E-state index in [1.54, 1.807) is 0 Å². The summed E-state index contributed by atoms with van der Waals surface area (Å²) in [4.78, 5) is 0. The molecule has 122 valence electrons. The van der Waals surface area contributed by atoms with Crippen molar-refractivity contribution in [1.82, 2.24) is 0 Å². The van der Waals surface area contributed by atoms with E-state index in [0.29, 0.717) is 5.33 Å². The Kier molecular flexibility index (Phi) is 11.0. The van der Waals surface area contributed by atoms with Crippen LogP contribution in [0.1, 0.15) is 20.8 Å². The molecule has 0 saturated carbocycles. The van der Waals surface area contributed by atoms with Crippen LogP contribution in [0.15, 0.2) is 0 Å². The van der Waals surface area contributed by atoms with Crippen molar-refractivity contribution >= 4 is 58.6 Å². The maximum absolute atomic E-state index is 12.7. The van der Waals surface area contributed by atoms with Gasteiger partial charge in [-0.15, -0.1) is 34.8 Å². The molecule has 2 unspecified atom stereocenters. The van der Waals surface area contributed by atoms with E-state index in [9.17, 15) is 4.57 Å². The molecule has 0 aliphatic carbocycles. The summed E-state index contributed by atoms with van der Waals surface area (Å²) in [7, 11) is -3.78. The molecular formula is C11H21BrCl3O4P. The third kappa shape index (κ3) is 9.47. The fraction of sp³-hybridized carbons (Fsp3) is 1.00. The van der Waals surface area contributed by atoms with E-state index >= 15 is 0 Å². The van der Waals surface area contributed by atoms with E-state index in [0.717, 1.165) is 0 Å². The highest BCUT2D eigenvalue weighted by atomic mass is 79.9. The molecule has 0 N–H and O–H groups in total. The average molecular weight is 435 g/mol. The van der Waals surface area contributed by atoms with Gasteiger partial charge in [-0.05, 0) is 5.41 Å². The van der Waals surface area contributed by atoms with Gasteiger partial charge in [0, 0.05) is 5.33 Å². The standard InChI is InChI=1S/C11H21BrCl3O4P/c1-11(2,3)8-17-20(16,18-9(4-12)5-13)19-10(6-14)7-15/h9-10H,4-8H2,1-3H3. The highest BCUT2D eigenvalue weighted by molar-refractivity contribution is 9.09. The molecule has 0 saturated heterocycles. The summed E-state index contributed by atoms with van der Waals surface area (Å²) in [5.41, 5.74) is -0.190. The van der Waals surface area contributed by atoms with E-state index in [1.807, 2.05) is 20.8 Å². The third-order valence-electron chi connectivity index (χ3n) is 1.90. The maximum atomic E-state index is 12.7. The van der Waals surface area contributed by atoms with E-state index in [-0.39, 0.29) is 29.7 Å². The molecule has 0 aromatic carbocycles. The molecule has 2 atom stereocenters. The highest BCUT2D eigenvalue weighted by Crippen LogP contribution is 2.53. The molecular weight excluding hydrogens is 413 g/mol. The van der Waals surface area contributed by atoms with Gasteiger partial charge in [0.2, 0.25) is 0 Å². The normalized spacial score (nSPS) is 17.2. The lowest BCUT2D eigenvalue weighted by molar-refractivity contribution is 0.0571. The topological polar surface area (TPSA) is 44.8 Å². The number of rotatable bonds is 10. The Bertz CT molecular complexity index is 289. The highest BCUT2D eigenvalue weighted by Gasteiger charge is 2.34. The van der Waals surface area contributed by atoms with E-state index in [2.05, 4.69) is 15.9 Å². The summed E-state index contributed by atoms with van der Waals surface area (Å²) in [6.45, 7) is 6.04. The second-order valence-electron chi connectivity index (χ2n) is 5.35. The zero-order chi connectivity index (χ0) is 15.8. The van der Waals surface area contributed by atoms with Gasteiger partial charge >= 0.3 is 7.82 Å². The van der Waals surface area contributed by atoms with Crippen LogP contribution in [0.2, 0.25) is 0 Å². The molecule has 9 heteroatoms. The number of alkyl halides is 4. The van der Waals surface area contributed by atoms with Crippen LogP contribution in [0.3, 0.4) is 0 Å². The Hall–Kier alpha value is 1.46. The zero-order valence-corrected chi connectivity index (χ0v) is 16.5. The van der Waals surface area contributed by atoms with Crippen LogP contribution in [-0.4, -0.2) is 41.8 Å². The molecule has 20 heavy (non-hydrogen) atoms. The van der Waals surface area contributed by atoms with Gasteiger partial charge in [-0.3, -0.25) is 13.6 Å². The summed E-state index contributed by atoms with van der Waals surface area (Å²) in [5, 5.41) is 0.412. The van der Waals surface area contributed by atoms with E-state index in [4.69, 9.17) is 48.4 Å². The Morgan fingerprint density at radius 2 is 1.50 bits per heavy atom. The predicted molar refractivity (Wildman–Crippen MR) is 88.7 cm³/mol. The van der Waals surface area contributed by atoms with Gasteiger partial charge < -0.3 is 0 Å². The van der Waals surface area contributed by atoms with Crippen molar-refractivity contribution < 1.29 is 18.1 Å². The largest absolute Gasteiger partial charge is 0.475 e. The Balaban J connectivity index is 4.87. The molecule has 4 nitrogen and oxygen atoms in total. The average Bonchev–Trinajstić information content (AvgIpc) is 2.39. The molecule has 0 heterocycles. The minimum Gasteiger partial charge on any atom is -0.286 e. The molecule has 0 aliphatic rings. The first-order valence-electron chi connectivity index (χ1n) is 6.05. The third-order valence-corrected chi connectivity index (χ3v) is 5.21. The van der Waals surface area contributed by atoms with Gasteiger partial charge in [0.05, 0.1) is 36.5 Å². The van der Waals surface area contributed by atoms with Crippen LogP contribution in [0.25, 0.3) is 0 Å². The molecule has 0 radical (unpaired) electrons.